The van der Waals surface area contributed by atoms with E-state index in [1.807, 2.05) is 20.8 Å². The van der Waals surface area contributed by atoms with Gasteiger partial charge in [0.25, 0.3) is 0 Å². The van der Waals surface area contributed by atoms with Gasteiger partial charge in [-0.25, -0.2) is 9.78 Å². The molecule has 0 aliphatic carbocycles. The number of methoxy groups -OCH3 is 1. The molecule has 5 nitrogen and oxygen atoms in total. The number of aromatic nitrogens is 1. The van der Waals surface area contributed by atoms with Gasteiger partial charge >= 0.3 is 5.97 Å². The molecule has 0 saturated carbocycles. The Hall–Kier alpha value is -1.14. The summed E-state index contributed by atoms with van der Waals surface area (Å²) in [4.78, 5) is 16.4. The summed E-state index contributed by atoms with van der Waals surface area (Å²) in [5.74, 6) is -0.399. The Labute approximate surface area is 105 Å². The van der Waals surface area contributed by atoms with Gasteiger partial charge in [0, 0.05) is 17.5 Å². The van der Waals surface area contributed by atoms with Crippen molar-refractivity contribution in [3.8, 4) is 0 Å². The van der Waals surface area contributed by atoms with E-state index in [2.05, 4.69) is 15.0 Å². The highest BCUT2D eigenvalue weighted by Gasteiger charge is 2.16. The van der Waals surface area contributed by atoms with Crippen molar-refractivity contribution in [1.29, 1.82) is 0 Å². The molecule has 0 bridgehead atoms. The molecule has 6 heteroatoms. The van der Waals surface area contributed by atoms with Crippen LogP contribution in [-0.2, 0) is 9.47 Å². The van der Waals surface area contributed by atoms with Gasteiger partial charge in [-0.3, -0.25) is 0 Å². The van der Waals surface area contributed by atoms with Crippen LogP contribution in [-0.4, -0.2) is 37.3 Å². The summed E-state index contributed by atoms with van der Waals surface area (Å²) in [5, 5.41) is 3.91. The lowest BCUT2D eigenvalue weighted by molar-refractivity contribution is 0.0594. The number of ether oxygens (including phenoxy) is 2. The maximum Gasteiger partial charge on any atom is 0.357 e. The molecule has 0 radical (unpaired) electrons. The lowest BCUT2D eigenvalue weighted by Gasteiger charge is -2.11. The summed E-state index contributed by atoms with van der Waals surface area (Å²) in [6.45, 7) is 7.11. The van der Waals surface area contributed by atoms with Crippen molar-refractivity contribution in [3.63, 3.8) is 0 Å². The molecule has 1 N–H and O–H groups in total. The highest BCUT2D eigenvalue weighted by atomic mass is 32.1. The molecule has 0 aliphatic rings. The Morgan fingerprint density at radius 2 is 2.29 bits per heavy atom. The van der Waals surface area contributed by atoms with Crippen LogP contribution in [0.1, 0.15) is 29.2 Å². The summed E-state index contributed by atoms with van der Waals surface area (Å²) >= 11 is 1.44. The van der Waals surface area contributed by atoms with Gasteiger partial charge in [-0.2, -0.15) is 0 Å². The zero-order valence-corrected chi connectivity index (χ0v) is 11.4. The lowest BCUT2D eigenvalue weighted by atomic mass is 10.4. The molecule has 0 aromatic carbocycles. The van der Waals surface area contributed by atoms with Crippen molar-refractivity contribution in [3.05, 3.63) is 10.6 Å². The molecule has 0 aliphatic heterocycles. The number of hydrogen-bond acceptors (Lipinski definition) is 6. The van der Waals surface area contributed by atoms with E-state index in [0.717, 1.165) is 10.0 Å². The number of nitrogens with zero attached hydrogens (tertiary/aromatic N) is 1. The monoisotopic (exact) mass is 258 g/mol. The van der Waals surface area contributed by atoms with E-state index in [0.29, 0.717) is 18.9 Å². The van der Waals surface area contributed by atoms with Gasteiger partial charge in [0.2, 0.25) is 0 Å². The highest BCUT2D eigenvalue weighted by Crippen LogP contribution is 2.23. The van der Waals surface area contributed by atoms with Crippen molar-refractivity contribution in [2.24, 2.45) is 0 Å². The van der Waals surface area contributed by atoms with E-state index < -0.39 is 5.97 Å². The first-order chi connectivity index (χ1) is 8.08. The zero-order chi connectivity index (χ0) is 12.8. The molecule has 96 valence electrons. The van der Waals surface area contributed by atoms with E-state index in [1.54, 1.807) is 0 Å². The minimum Gasteiger partial charge on any atom is -0.464 e. The maximum atomic E-state index is 11.4. The number of anilines is 1. The fourth-order valence-corrected chi connectivity index (χ4v) is 2.20. The lowest BCUT2D eigenvalue weighted by Crippen LogP contribution is -2.21. The summed E-state index contributed by atoms with van der Waals surface area (Å²) in [5.41, 5.74) is 0.378. The average molecular weight is 258 g/mol. The number of esters is 1. The fourth-order valence-electron chi connectivity index (χ4n) is 1.29. The second-order valence-corrected chi connectivity index (χ2v) is 4.82. The topological polar surface area (TPSA) is 60.5 Å². The van der Waals surface area contributed by atoms with Gasteiger partial charge in [-0.05, 0) is 20.8 Å². The number of hydrogen-bond donors (Lipinski definition) is 1. The maximum absolute atomic E-state index is 11.4. The zero-order valence-electron chi connectivity index (χ0n) is 10.6. The standard InChI is InChI=1S/C11H18N2O3S/c1-5-16-6-7(2)12-11-13-9(8(3)17-11)10(14)15-4/h7H,5-6H2,1-4H3,(H,12,13). The van der Waals surface area contributed by atoms with Crippen molar-refractivity contribution in [2.75, 3.05) is 25.6 Å². The largest absolute Gasteiger partial charge is 0.464 e. The highest BCUT2D eigenvalue weighted by molar-refractivity contribution is 7.15. The molecule has 0 spiro atoms. The Bertz CT molecular complexity index is 379. The molecule has 1 atom stereocenters. The summed E-state index contributed by atoms with van der Waals surface area (Å²) in [6, 6.07) is 0.158. The van der Waals surface area contributed by atoms with E-state index in [1.165, 1.54) is 18.4 Å². The van der Waals surface area contributed by atoms with Crippen LogP contribution in [0.5, 0.6) is 0 Å². The average Bonchev–Trinajstić information content (AvgIpc) is 2.66. The summed E-state index contributed by atoms with van der Waals surface area (Å²) in [7, 11) is 1.35. The van der Waals surface area contributed by atoms with Gasteiger partial charge in [-0.15, -0.1) is 11.3 Å². The molecule has 0 saturated heterocycles. The molecule has 1 rings (SSSR count). The summed E-state index contributed by atoms with van der Waals surface area (Å²) in [6.07, 6.45) is 0. The molecule has 0 amide bonds. The number of carbonyl (C=O) groups excluding carboxylic acids is 1. The van der Waals surface area contributed by atoms with Crippen LogP contribution in [0.15, 0.2) is 0 Å². The molecule has 0 fully saturated rings. The van der Waals surface area contributed by atoms with Crippen LogP contribution in [0.3, 0.4) is 0 Å². The minimum atomic E-state index is -0.399. The van der Waals surface area contributed by atoms with Gasteiger partial charge < -0.3 is 14.8 Å². The number of thiazole rings is 1. The predicted octanol–water partition coefficient (Wildman–Crippen LogP) is 2.08. The first kappa shape index (κ1) is 13.9. The molecule has 1 unspecified atom stereocenters. The normalized spacial score (nSPS) is 12.2. The number of rotatable bonds is 6. The van der Waals surface area contributed by atoms with Gasteiger partial charge in [0.05, 0.1) is 13.7 Å². The molecule has 1 heterocycles. The van der Waals surface area contributed by atoms with Crippen LogP contribution >= 0.6 is 11.3 Å². The Balaban J connectivity index is 2.63. The first-order valence-electron chi connectivity index (χ1n) is 5.48. The smallest absolute Gasteiger partial charge is 0.357 e. The minimum absolute atomic E-state index is 0.158. The fraction of sp³-hybridized carbons (Fsp3) is 0.636. The SMILES string of the molecule is CCOCC(C)Nc1nc(C(=O)OC)c(C)s1. The quantitative estimate of drug-likeness (QED) is 0.792. The van der Waals surface area contributed by atoms with E-state index in [4.69, 9.17) is 4.74 Å². The van der Waals surface area contributed by atoms with Gasteiger partial charge in [0.1, 0.15) is 0 Å². The van der Waals surface area contributed by atoms with Crippen LogP contribution in [0.4, 0.5) is 5.13 Å². The molecular formula is C11H18N2O3S. The van der Waals surface area contributed by atoms with Crippen LogP contribution in [0.25, 0.3) is 0 Å². The predicted molar refractivity (Wildman–Crippen MR) is 67.8 cm³/mol. The molecule has 17 heavy (non-hydrogen) atoms. The third kappa shape index (κ3) is 3.98. The molecule has 1 aromatic heterocycles. The Kier molecular flexibility index (Phi) is 5.37. The Morgan fingerprint density at radius 1 is 1.59 bits per heavy atom. The second-order valence-electron chi connectivity index (χ2n) is 3.62. The van der Waals surface area contributed by atoms with Crippen LogP contribution in [0.2, 0.25) is 0 Å². The molecule has 1 aromatic rings. The van der Waals surface area contributed by atoms with Crippen LogP contribution in [0, 0.1) is 6.92 Å². The molecular weight excluding hydrogens is 240 g/mol. The number of aryl methyl sites for hydroxylation is 1. The van der Waals surface area contributed by atoms with Gasteiger partial charge in [0.15, 0.2) is 10.8 Å². The third-order valence-corrected chi connectivity index (χ3v) is 3.02. The van der Waals surface area contributed by atoms with Crippen molar-refractivity contribution in [2.45, 2.75) is 26.8 Å². The van der Waals surface area contributed by atoms with E-state index in [9.17, 15) is 4.79 Å². The summed E-state index contributed by atoms with van der Waals surface area (Å²) < 4.78 is 9.95. The van der Waals surface area contributed by atoms with E-state index in [-0.39, 0.29) is 6.04 Å². The third-order valence-electron chi connectivity index (χ3n) is 2.12. The Morgan fingerprint density at radius 3 is 2.88 bits per heavy atom. The van der Waals surface area contributed by atoms with Crippen molar-refractivity contribution in [1.82, 2.24) is 4.98 Å². The van der Waals surface area contributed by atoms with E-state index >= 15 is 0 Å². The van der Waals surface area contributed by atoms with Crippen LogP contribution < -0.4 is 5.32 Å². The van der Waals surface area contributed by atoms with Crippen molar-refractivity contribution < 1.29 is 14.3 Å². The first-order valence-corrected chi connectivity index (χ1v) is 6.30. The van der Waals surface area contributed by atoms with Gasteiger partial charge in [-0.1, -0.05) is 0 Å². The van der Waals surface area contributed by atoms with Crippen molar-refractivity contribution >= 4 is 22.4 Å². The second kappa shape index (κ2) is 6.56. The number of nitrogens with one attached hydrogen (secondary N) is 1. The number of carbonyl (C=O) groups is 1.